The van der Waals surface area contributed by atoms with Gasteiger partial charge in [0.25, 0.3) is 0 Å². The van der Waals surface area contributed by atoms with E-state index in [0.717, 1.165) is 13.1 Å². The molecule has 6 heteroatoms. The van der Waals surface area contributed by atoms with Gasteiger partial charge in [-0.3, -0.25) is 0 Å². The topological polar surface area (TPSA) is 32.3 Å². The lowest BCUT2D eigenvalue weighted by molar-refractivity contribution is 0.314. The number of nitrogens with zero attached hydrogens (tertiary/aromatic N) is 4. The molecule has 0 saturated carbocycles. The summed E-state index contributed by atoms with van der Waals surface area (Å²) in [6.07, 6.45) is 4.02. The van der Waals surface area contributed by atoms with Crippen LogP contribution in [-0.2, 0) is 0 Å². The molecule has 1 aliphatic heterocycles. The van der Waals surface area contributed by atoms with Crippen LogP contribution in [0, 0.1) is 0 Å². The molecule has 0 radical (unpaired) electrons. The van der Waals surface area contributed by atoms with Gasteiger partial charge in [-0.05, 0) is 38.0 Å². The number of rotatable bonds is 3. The highest BCUT2D eigenvalue weighted by Crippen LogP contribution is 2.24. The van der Waals surface area contributed by atoms with Crippen LogP contribution in [-0.4, -0.2) is 48.1 Å². The fourth-order valence-corrected chi connectivity index (χ4v) is 2.58. The summed E-state index contributed by atoms with van der Waals surface area (Å²) in [5.41, 5.74) is 0. The zero-order valence-electron chi connectivity index (χ0n) is 10.0. The number of hydrogen-bond acceptors (Lipinski definition) is 4. The molecule has 0 bridgehead atoms. The van der Waals surface area contributed by atoms with Gasteiger partial charge in [-0.2, -0.15) is 4.98 Å². The monoisotopic (exact) mass is 274 g/mol. The Morgan fingerprint density at radius 2 is 2.29 bits per heavy atom. The molecular formula is C11H16Cl2N4. The van der Waals surface area contributed by atoms with Crippen LogP contribution in [0.2, 0.25) is 10.3 Å². The average molecular weight is 275 g/mol. The van der Waals surface area contributed by atoms with Gasteiger partial charge < -0.3 is 9.80 Å². The summed E-state index contributed by atoms with van der Waals surface area (Å²) in [6.45, 7) is 2.07. The van der Waals surface area contributed by atoms with Crippen LogP contribution in [0.1, 0.15) is 12.8 Å². The van der Waals surface area contributed by atoms with E-state index >= 15 is 0 Å². The van der Waals surface area contributed by atoms with Crippen LogP contribution in [0.4, 0.5) is 5.82 Å². The quantitative estimate of drug-likeness (QED) is 0.792. The molecule has 17 heavy (non-hydrogen) atoms. The number of likely N-dealkylation sites (N-methyl/N-ethyl adjacent to an activating group) is 2. The number of halogens is 2. The molecule has 0 N–H and O–H groups in total. The maximum absolute atomic E-state index is 6.07. The standard InChI is InChI=1S/C11H16Cl2N4/c1-16-5-3-4-8(16)7-17(2)10-9(12)6-14-11(13)15-10/h6,8H,3-5,7H2,1-2H3. The molecule has 1 aromatic heterocycles. The lowest BCUT2D eigenvalue weighted by Gasteiger charge is -2.26. The second kappa shape index (κ2) is 5.38. The number of aromatic nitrogens is 2. The van der Waals surface area contributed by atoms with Crippen molar-refractivity contribution in [2.75, 3.05) is 32.1 Å². The minimum atomic E-state index is 0.232. The van der Waals surface area contributed by atoms with Crippen molar-refractivity contribution in [3.05, 3.63) is 16.5 Å². The highest BCUT2D eigenvalue weighted by Gasteiger charge is 2.23. The van der Waals surface area contributed by atoms with Crippen LogP contribution in [0.5, 0.6) is 0 Å². The average Bonchev–Trinajstić information content (AvgIpc) is 2.68. The third-order valence-corrected chi connectivity index (χ3v) is 3.66. The first-order valence-electron chi connectivity index (χ1n) is 5.67. The zero-order valence-corrected chi connectivity index (χ0v) is 11.5. The van der Waals surface area contributed by atoms with E-state index in [-0.39, 0.29) is 5.28 Å². The van der Waals surface area contributed by atoms with E-state index in [1.54, 1.807) is 6.20 Å². The van der Waals surface area contributed by atoms with Crippen molar-refractivity contribution >= 4 is 29.0 Å². The van der Waals surface area contributed by atoms with Gasteiger partial charge in [0.2, 0.25) is 5.28 Å². The molecular weight excluding hydrogens is 259 g/mol. The van der Waals surface area contributed by atoms with Gasteiger partial charge >= 0.3 is 0 Å². The third-order valence-electron chi connectivity index (χ3n) is 3.21. The third kappa shape index (κ3) is 3.00. The van der Waals surface area contributed by atoms with Crippen molar-refractivity contribution in [3.63, 3.8) is 0 Å². The lowest BCUT2D eigenvalue weighted by Crippen LogP contribution is -2.37. The molecule has 1 aliphatic rings. The molecule has 2 heterocycles. The summed E-state index contributed by atoms with van der Waals surface area (Å²) < 4.78 is 0. The molecule has 0 spiro atoms. The molecule has 4 nitrogen and oxygen atoms in total. The summed E-state index contributed by atoms with van der Waals surface area (Å²) in [5, 5.41) is 0.772. The Morgan fingerprint density at radius 1 is 1.53 bits per heavy atom. The molecule has 1 aromatic rings. The van der Waals surface area contributed by atoms with E-state index in [0.29, 0.717) is 16.9 Å². The fraction of sp³-hybridized carbons (Fsp3) is 0.636. The van der Waals surface area contributed by atoms with Crippen LogP contribution in [0.25, 0.3) is 0 Å². The van der Waals surface area contributed by atoms with Crippen LogP contribution >= 0.6 is 23.2 Å². The number of likely N-dealkylation sites (tertiary alicyclic amines) is 1. The highest BCUT2D eigenvalue weighted by atomic mass is 35.5. The van der Waals surface area contributed by atoms with Gasteiger partial charge in [-0.1, -0.05) is 11.6 Å². The summed E-state index contributed by atoms with van der Waals surface area (Å²) in [6, 6.07) is 0.560. The summed E-state index contributed by atoms with van der Waals surface area (Å²) >= 11 is 11.9. The van der Waals surface area contributed by atoms with E-state index < -0.39 is 0 Å². The van der Waals surface area contributed by atoms with E-state index in [1.165, 1.54) is 12.8 Å². The number of anilines is 1. The van der Waals surface area contributed by atoms with Crippen molar-refractivity contribution in [2.45, 2.75) is 18.9 Å². The van der Waals surface area contributed by atoms with Crippen LogP contribution in [0.15, 0.2) is 6.20 Å². The molecule has 1 unspecified atom stereocenters. The normalized spacial score (nSPS) is 20.8. The fourth-order valence-electron chi connectivity index (χ4n) is 2.22. The first kappa shape index (κ1) is 12.9. The molecule has 94 valence electrons. The molecule has 1 saturated heterocycles. The van der Waals surface area contributed by atoms with Gasteiger partial charge in [0.1, 0.15) is 5.02 Å². The SMILES string of the molecule is CN(CC1CCCN1C)c1nc(Cl)ncc1Cl. The van der Waals surface area contributed by atoms with Gasteiger partial charge in [0.15, 0.2) is 5.82 Å². The smallest absolute Gasteiger partial charge is 0.224 e. The molecule has 0 amide bonds. The molecule has 2 rings (SSSR count). The molecule has 1 fully saturated rings. The van der Waals surface area contributed by atoms with Gasteiger partial charge in [0, 0.05) is 19.6 Å². The first-order valence-corrected chi connectivity index (χ1v) is 6.43. The van der Waals surface area contributed by atoms with E-state index in [1.807, 2.05) is 11.9 Å². The van der Waals surface area contributed by atoms with Crippen molar-refractivity contribution in [1.82, 2.24) is 14.9 Å². The van der Waals surface area contributed by atoms with Gasteiger partial charge in [0.05, 0.1) is 6.20 Å². The Balaban J connectivity index is 2.08. The van der Waals surface area contributed by atoms with Crippen molar-refractivity contribution in [1.29, 1.82) is 0 Å². The van der Waals surface area contributed by atoms with Gasteiger partial charge in [-0.15, -0.1) is 0 Å². The Labute approximate surface area is 112 Å². The zero-order chi connectivity index (χ0) is 12.4. The minimum absolute atomic E-state index is 0.232. The van der Waals surface area contributed by atoms with Crippen molar-refractivity contribution < 1.29 is 0 Å². The van der Waals surface area contributed by atoms with E-state index in [2.05, 4.69) is 21.9 Å². The Bertz CT molecular complexity index is 399. The van der Waals surface area contributed by atoms with Crippen LogP contribution < -0.4 is 4.90 Å². The summed E-state index contributed by atoms with van der Waals surface area (Å²) in [7, 11) is 4.14. The van der Waals surface area contributed by atoms with Crippen LogP contribution in [0.3, 0.4) is 0 Å². The van der Waals surface area contributed by atoms with Crippen molar-refractivity contribution in [3.8, 4) is 0 Å². The maximum Gasteiger partial charge on any atom is 0.224 e. The maximum atomic E-state index is 6.07. The van der Waals surface area contributed by atoms with Gasteiger partial charge in [-0.25, -0.2) is 4.98 Å². The second-order valence-electron chi connectivity index (χ2n) is 4.47. The number of hydrogen-bond donors (Lipinski definition) is 0. The van der Waals surface area contributed by atoms with E-state index in [9.17, 15) is 0 Å². The Morgan fingerprint density at radius 3 is 2.94 bits per heavy atom. The Kier molecular flexibility index (Phi) is 4.07. The lowest BCUT2D eigenvalue weighted by atomic mass is 10.2. The van der Waals surface area contributed by atoms with E-state index in [4.69, 9.17) is 23.2 Å². The Hall–Kier alpha value is -0.580. The molecule has 1 atom stereocenters. The predicted octanol–water partition coefficient (Wildman–Crippen LogP) is 2.31. The highest BCUT2D eigenvalue weighted by molar-refractivity contribution is 6.33. The first-order chi connectivity index (χ1) is 8.08. The minimum Gasteiger partial charge on any atom is -0.357 e. The van der Waals surface area contributed by atoms with Crippen molar-refractivity contribution in [2.24, 2.45) is 0 Å². The summed E-state index contributed by atoms with van der Waals surface area (Å²) in [4.78, 5) is 12.4. The largest absolute Gasteiger partial charge is 0.357 e. The summed E-state index contributed by atoms with van der Waals surface area (Å²) in [5.74, 6) is 0.701. The predicted molar refractivity (Wildman–Crippen MR) is 71.0 cm³/mol. The second-order valence-corrected chi connectivity index (χ2v) is 5.21. The molecule has 0 aromatic carbocycles. The molecule has 0 aliphatic carbocycles.